The van der Waals surface area contributed by atoms with Gasteiger partial charge in [-0.2, -0.15) is 0 Å². The minimum Gasteiger partial charge on any atom is -0.391 e. The van der Waals surface area contributed by atoms with Gasteiger partial charge in [0.1, 0.15) is 0 Å². The normalized spacial score (nSPS) is 29.4. The number of aromatic nitrogens is 1. The minimum absolute atomic E-state index is 0.128. The fraction of sp³-hybridized carbons (Fsp3) is 0.600. The largest absolute Gasteiger partial charge is 0.391 e. The number of rotatable bonds is 4. The van der Waals surface area contributed by atoms with E-state index in [1.807, 2.05) is 17.0 Å². The highest BCUT2D eigenvalue weighted by atomic mass is 16.3. The summed E-state index contributed by atoms with van der Waals surface area (Å²) in [6.45, 7) is 0.610. The summed E-state index contributed by atoms with van der Waals surface area (Å²) in [6.07, 6.45) is 6.24. The minimum atomic E-state index is -0.539. The number of nitrogens with two attached hydrogens (primary N) is 1. The Hall–Kier alpha value is -1.46. The van der Waals surface area contributed by atoms with E-state index >= 15 is 0 Å². The van der Waals surface area contributed by atoms with Crippen LogP contribution in [0.4, 0.5) is 0 Å². The summed E-state index contributed by atoms with van der Waals surface area (Å²) in [4.78, 5) is 18.7. The zero-order valence-electron chi connectivity index (χ0n) is 11.5. The molecule has 2 aliphatic carbocycles. The van der Waals surface area contributed by atoms with Gasteiger partial charge in [0.15, 0.2) is 0 Å². The molecule has 1 aromatic rings. The van der Waals surface area contributed by atoms with Crippen molar-refractivity contribution in [1.29, 1.82) is 0 Å². The lowest BCUT2D eigenvalue weighted by Crippen LogP contribution is -2.37. The summed E-state index contributed by atoms with van der Waals surface area (Å²) in [7, 11) is 0. The maximum Gasteiger partial charge on any atom is 0.226 e. The van der Waals surface area contributed by atoms with Crippen LogP contribution in [0, 0.1) is 5.92 Å². The fourth-order valence-corrected chi connectivity index (χ4v) is 2.95. The van der Waals surface area contributed by atoms with Crippen LogP contribution in [0.1, 0.15) is 31.2 Å². The number of hydrogen-bond donors (Lipinski definition) is 2. The summed E-state index contributed by atoms with van der Waals surface area (Å²) in [5, 5.41) is 9.74. The molecule has 0 aliphatic heterocycles. The van der Waals surface area contributed by atoms with Crippen molar-refractivity contribution in [3.8, 4) is 0 Å². The topological polar surface area (TPSA) is 79.5 Å². The predicted molar refractivity (Wildman–Crippen MR) is 74.5 cm³/mol. The number of aliphatic hydroxyl groups is 1. The third kappa shape index (κ3) is 2.83. The van der Waals surface area contributed by atoms with E-state index in [2.05, 4.69) is 4.98 Å². The van der Waals surface area contributed by atoms with Crippen LogP contribution in [0.2, 0.25) is 0 Å². The van der Waals surface area contributed by atoms with Crippen LogP contribution in [-0.2, 0) is 11.3 Å². The second-order valence-electron chi connectivity index (χ2n) is 5.96. The van der Waals surface area contributed by atoms with Gasteiger partial charge >= 0.3 is 0 Å². The van der Waals surface area contributed by atoms with Crippen molar-refractivity contribution in [2.75, 3.05) is 0 Å². The van der Waals surface area contributed by atoms with Crippen molar-refractivity contribution in [2.45, 2.75) is 50.4 Å². The van der Waals surface area contributed by atoms with E-state index in [4.69, 9.17) is 5.73 Å². The molecule has 5 nitrogen and oxygen atoms in total. The van der Waals surface area contributed by atoms with Crippen molar-refractivity contribution in [3.63, 3.8) is 0 Å². The molecule has 0 spiro atoms. The van der Waals surface area contributed by atoms with E-state index < -0.39 is 6.10 Å². The molecule has 1 aromatic heterocycles. The molecule has 0 aromatic carbocycles. The van der Waals surface area contributed by atoms with Crippen molar-refractivity contribution in [1.82, 2.24) is 9.88 Å². The van der Waals surface area contributed by atoms with E-state index in [-0.39, 0.29) is 17.9 Å². The van der Waals surface area contributed by atoms with E-state index in [0.29, 0.717) is 25.4 Å². The van der Waals surface area contributed by atoms with Crippen LogP contribution in [0.5, 0.6) is 0 Å². The van der Waals surface area contributed by atoms with Crippen LogP contribution >= 0.6 is 0 Å². The maximum absolute atomic E-state index is 12.7. The summed E-state index contributed by atoms with van der Waals surface area (Å²) in [6, 6.07) is 3.98. The molecular formula is C15H21N3O2. The average molecular weight is 275 g/mol. The first-order valence-electron chi connectivity index (χ1n) is 7.28. The fourth-order valence-electron chi connectivity index (χ4n) is 2.95. The molecule has 3 rings (SSSR count). The first kappa shape index (κ1) is 13.5. The van der Waals surface area contributed by atoms with Gasteiger partial charge < -0.3 is 15.7 Å². The molecule has 20 heavy (non-hydrogen) atoms. The van der Waals surface area contributed by atoms with Crippen molar-refractivity contribution in [2.24, 2.45) is 11.7 Å². The molecule has 3 N–H and O–H groups in total. The molecular weight excluding hydrogens is 254 g/mol. The first-order chi connectivity index (χ1) is 9.65. The SMILES string of the molecule is N[C@H]1C[C@H](C(=O)N(Cc2cccnc2)C2CC2)C[C@@H]1O. The molecule has 2 saturated carbocycles. The Morgan fingerprint density at radius 2 is 2.25 bits per heavy atom. The molecule has 0 saturated heterocycles. The van der Waals surface area contributed by atoms with Gasteiger partial charge in [-0.15, -0.1) is 0 Å². The van der Waals surface area contributed by atoms with E-state index in [9.17, 15) is 9.90 Å². The summed E-state index contributed by atoms with van der Waals surface area (Å²) in [5.74, 6) is 0.0145. The Morgan fingerprint density at radius 1 is 1.45 bits per heavy atom. The van der Waals surface area contributed by atoms with Crippen LogP contribution < -0.4 is 5.73 Å². The summed E-state index contributed by atoms with van der Waals surface area (Å²) >= 11 is 0. The number of carbonyl (C=O) groups excluding carboxylic acids is 1. The van der Waals surface area contributed by atoms with E-state index in [1.165, 1.54) is 0 Å². The molecule has 1 heterocycles. The van der Waals surface area contributed by atoms with Gasteiger partial charge in [0.2, 0.25) is 5.91 Å². The molecule has 0 radical (unpaired) electrons. The molecule has 1 amide bonds. The Bertz CT molecular complexity index is 465. The number of pyridine rings is 1. The van der Waals surface area contributed by atoms with Crippen LogP contribution in [0.25, 0.3) is 0 Å². The monoisotopic (exact) mass is 275 g/mol. The average Bonchev–Trinajstić information content (AvgIpc) is 3.23. The zero-order chi connectivity index (χ0) is 14.1. The smallest absolute Gasteiger partial charge is 0.226 e. The van der Waals surface area contributed by atoms with Crippen LogP contribution in [-0.4, -0.2) is 39.1 Å². The quantitative estimate of drug-likeness (QED) is 0.846. The first-order valence-corrected chi connectivity index (χ1v) is 7.28. The lowest BCUT2D eigenvalue weighted by atomic mass is 10.1. The van der Waals surface area contributed by atoms with Gasteiger partial charge in [0.25, 0.3) is 0 Å². The van der Waals surface area contributed by atoms with Crippen molar-refractivity contribution >= 4 is 5.91 Å². The molecule has 5 heteroatoms. The third-order valence-corrected chi connectivity index (χ3v) is 4.27. The van der Waals surface area contributed by atoms with Gasteiger partial charge in [-0.1, -0.05) is 6.07 Å². The Morgan fingerprint density at radius 3 is 2.80 bits per heavy atom. The molecule has 0 unspecified atom stereocenters. The Labute approximate surface area is 118 Å². The number of aliphatic hydroxyl groups excluding tert-OH is 1. The number of carbonyl (C=O) groups is 1. The standard InChI is InChI=1S/C15H21N3O2/c16-13-6-11(7-14(13)19)15(20)18(12-3-4-12)9-10-2-1-5-17-8-10/h1-2,5,8,11-14,19H,3-4,6-7,9,16H2/t11-,13-,14-/m0/s1. The second-order valence-corrected chi connectivity index (χ2v) is 5.96. The lowest BCUT2D eigenvalue weighted by Gasteiger charge is -2.25. The number of amides is 1. The summed E-state index contributed by atoms with van der Waals surface area (Å²) in [5.41, 5.74) is 6.87. The number of hydrogen-bond acceptors (Lipinski definition) is 4. The molecule has 0 bridgehead atoms. The predicted octanol–water partition coefficient (Wildman–Crippen LogP) is 0.671. The maximum atomic E-state index is 12.7. The van der Waals surface area contributed by atoms with E-state index in [1.54, 1.807) is 12.4 Å². The van der Waals surface area contributed by atoms with E-state index in [0.717, 1.165) is 18.4 Å². The highest BCUT2D eigenvalue weighted by Gasteiger charge is 2.40. The lowest BCUT2D eigenvalue weighted by molar-refractivity contribution is -0.136. The third-order valence-electron chi connectivity index (χ3n) is 4.27. The van der Waals surface area contributed by atoms with Crippen LogP contribution in [0.15, 0.2) is 24.5 Å². The van der Waals surface area contributed by atoms with Crippen molar-refractivity contribution < 1.29 is 9.90 Å². The van der Waals surface area contributed by atoms with Gasteiger partial charge in [-0.05, 0) is 37.3 Å². The number of nitrogens with zero attached hydrogens (tertiary/aromatic N) is 2. The van der Waals surface area contributed by atoms with Crippen LogP contribution in [0.3, 0.4) is 0 Å². The molecule has 2 fully saturated rings. The second kappa shape index (κ2) is 5.50. The molecule has 108 valence electrons. The highest BCUT2D eigenvalue weighted by Crippen LogP contribution is 2.33. The van der Waals surface area contributed by atoms with Gasteiger partial charge in [0, 0.05) is 36.9 Å². The van der Waals surface area contributed by atoms with Gasteiger partial charge in [0.05, 0.1) is 6.10 Å². The molecule has 3 atom stereocenters. The highest BCUT2D eigenvalue weighted by molar-refractivity contribution is 5.80. The van der Waals surface area contributed by atoms with Gasteiger partial charge in [-0.3, -0.25) is 9.78 Å². The molecule has 2 aliphatic rings. The Balaban J connectivity index is 1.69. The zero-order valence-corrected chi connectivity index (χ0v) is 11.5. The van der Waals surface area contributed by atoms with Gasteiger partial charge in [-0.25, -0.2) is 0 Å². The Kier molecular flexibility index (Phi) is 3.72. The summed E-state index contributed by atoms with van der Waals surface area (Å²) < 4.78 is 0. The van der Waals surface area contributed by atoms with Crippen molar-refractivity contribution in [3.05, 3.63) is 30.1 Å².